The van der Waals surface area contributed by atoms with Crippen molar-refractivity contribution in [2.24, 2.45) is 0 Å². The SMILES string of the molecule is N#C/C(=C\c1cn(Cc2cccc(Br)c2)c2ccccc12)C(=O)NC1CC1. The standard InChI is InChI=1S/C22H18BrN3O/c23-18-5-3-4-15(10-18)13-26-14-17(20-6-1-2-7-21(20)26)11-16(12-24)22(27)25-19-8-9-19/h1-7,10-11,14,19H,8-9,13H2,(H,25,27)/b16-11+. The van der Waals surface area contributed by atoms with E-state index in [9.17, 15) is 10.1 Å². The first kappa shape index (κ1) is 17.6. The van der Waals surface area contributed by atoms with E-state index in [1.165, 1.54) is 5.56 Å². The summed E-state index contributed by atoms with van der Waals surface area (Å²) in [6.07, 6.45) is 5.69. The topological polar surface area (TPSA) is 57.8 Å². The molecule has 0 unspecified atom stereocenters. The zero-order valence-corrected chi connectivity index (χ0v) is 16.2. The van der Waals surface area contributed by atoms with Crippen molar-refractivity contribution >= 4 is 38.8 Å². The summed E-state index contributed by atoms with van der Waals surface area (Å²) in [4.78, 5) is 12.3. The van der Waals surface area contributed by atoms with E-state index in [0.717, 1.165) is 33.8 Å². The first-order valence-electron chi connectivity index (χ1n) is 8.89. The molecular formula is C22H18BrN3O. The summed E-state index contributed by atoms with van der Waals surface area (Å²) in [5.41, 5.74) is 3.27. The van der Waals surface area contributed by atoms with Gasteiger partial charge in [-0.2, -0.15) is 5.26 Å². The Bertz CT molecular complexity index is 1090. The third kappa shape index (κ3) is 3.96. The Balaban J connectivity index is 1.72. The van der Waals surface area contributed by atoms with Crippen molar-refractivity contribution in [2.45, 2.75) is 25.4 Å². The summed E-state index contributed by atoms with van der Waals surface area (Å²) in [5, 5.41) is 13.4. The Kier molecular flexibility index (Phi) is 4.83. The highest BCUT2D eigenvalue weighted by molar-refractivity contribution is 9.10. The molecule has 2 aromatic carbocycles. The molecule has 1 saturated carbocycles. The second-order valence-electron chi connectivity index (χ2n) is 6.78. The van der Waals surface area contributed by atoms with Gasteiger partial charge in [0.05, 0.1) is 0 Å². The number of rotatable bonds is 5. The summed E-state index contributed by atoms with van der Waals surface area (Å²) in [6.45, 7) is 0.712. The Morgan fingerprint density at radius 1 is 1.26 bits per heavy atom. The number of amides is 1. The lowest BCUT2D eigenvalue weighted by Gasteiger charge is -2.06. The van der Waals surface area contributed by atoms with Crippen molar-refractivity contribution in [3.63, 3.8) is 0 Å². The lowest BCUT2D eigenvalue weighted by molar-refractivity contribution is -0.117. The van der Waals surface area contributed by atoms with Gasteiger partial charge in [-0.1, -0.05) is 46.3 Å². The van der Waals surface area contributed by atoms with E-state index < -0.39 is 0 Å². The number of carbonyl (C=O) groups is 1. The van der Waals surface area contributed by atoms with Gasteiger partial charge in [-0.3, -0.25) is 4.79 Å². The first-order valence-corrected chi connectivity index (χ1v) is 9.68. The van der Waals surface area contributed by atoms with Crippen molar-refractivity contribution in [2.75, 3.05) is 0 Å². The predicted octanol–water partition coefficient (Wildman–Crippen LogP) is 4.64. The molecule has 1 aliphatic carbocycles. The molecule has 1 amide bonds. The van der Waals surface area contributed by atoms with Crippen molar-refractivity contribution in [1.29, 1.82) is 5.26 Å². The van der Waals surface area contributed by atoms with Gasteiger partial charge in [0, 0.05) is 39.7 Å². The van der Waals surface area contributed by atoms with Crippen LogP contribution in [-0.2, 0) is 11.3 Å². The van der Waals surface area contributed by atoms with E-state index >= 15 is 0 Å². The molecular weight excluding hydrogens is 402 g/mol. The number of fused-ring (bicyclic) bond motifs is 1. The van der Waals surface area contributed by atoms with Gasteiger partial charge in [0.15, 0.2) is 0 Å². The molecule has 5 heteroatoms. The molecule has 27 heavy (non-hydrogen) atoms. The fourth-order valence-corrected chi connectivity index (χ4v) is 3.59. The molecule has 4 rings (SSSR count). The number of hydrogen-bond donors (Lipinski definition) is 1. The highest BCUT2D eigenvalue weighted by atomic mass is 79.9. The molecule has 0 bridgehead atoms. The Morgan fingerprint density at radius 3 is 2.81 bits per heavy atom. The Morgan fingerprint density at radius 2 is 2.07 bits per heavy atom. The van der Waals surface area contributed by atoms with E-state index in [2.05, 4.69) is 44.0 Å². The summed E-state index contributed by atoms with van der Waals surface area (Å²) in [6, 6.07) is 18.5. The van der Waals surface area contributed by atoms with Gasteiger partial charge in [-0.25, -0.2) is 0 Å². The van der Waals surface area contributed by atoms with Gasteiger partial charge in [0.1, 0.15) is 11.6 Å². The maximum atomic E-state index is 12.3. The van der Waals surface area contributed by atoms with E-state index in [-0.39, 0.29) is 17.5 Å². The second-order valence-corrected chi connectivity index (χ2v) is 7.69. The van der Waals surface area contributed by atoms with Gasteiger partial charge in [0.2, 0.25) is 0 Å². The zero-order chi connectivity index (χ0) is 18.8. The van der Waals surface area contributed by atoms with Gasteiger partial charge in [-0.05, 0) is 42.7 Å². The highest BCUT2D eigenvalue weighted by Crippen LogP contribution is 2.26. The lowest BCUT2D eigenvalue weighted by atomic mass is 10.1. The molecule has 0 saturated heterocycles. The molecule has 3 aromatic rings. The van der Waals surface area contributed by atoms with Crippen LogP contribution in [0.5, 0.6) is 0 Å². The molecule has 134 valence electrons. The number of nitrogens with one attached hydrogen (secondary N) is 1. The van der Waals surface area contributed by atoms with Crippen molar-refractivity contribution in [3.8, 4) is 6.07 Å². The third-order valence-electron chi connectivity index (χ3n) is 4.64. The van der Waals surface area contributed by atoms with E-state index in [1.54, 1.807) is 6.08 Å². The molecule has 1 heterocycles. The van der Waals surface area contributed by atoms with Crippen molar-refractivity contribution in [3.05, 3.63) is 75.9 Å². The van der Waals surface area contributed by atoms with Crippen LogP contribution in [0.1, 0.15) is 24.0 Å². The highest BCUT2D eigenvalue weighted by Gasteiger charge is 2.24. The number of nitrogens with zero attached hydrogens (tertiary/aromatic N) is 2. The summed E-state index contributed by atoms with van der Waals surface area (Å²) in [7, 11) is 0. The third-order valence-corrected chi connectivity index (χ3v) is 5.13. The Labute approximate surface area is 166 Å². The van der Waals surface area contributed by atoms with Crippen LogP contribution in [0, 0.1) is 11.3 Å². The number of nitriles is 1. The number of hydrogen-bond acceptors (Lipinski definition) is 2. The minimum Gasteiger partial charge on any atom is -0.349 e. The van der Waals surface area contributed by atoms with E-state index in [4.69, 9.17) is 0 Å². The molecule has 0 aliphatic heterocycles. The second kappa shape index (κ2) is 7.42. The van der Waals surface area contributed by atoms with Crippen LogP contribution in [0.4, 0.5) is 0 Å². The number of aromatic nitrogens is 1. The molecule has 1 N–H and O–H groups in total. The lowest BCUT2D eigenvalue weighted by Crippen LogP contribution is -2.26. The van der Waals surface area contributed by atoms with Crippen LogP contribution < -0.4 is 5.32 Å². The quantitative estimate of drug-likeness (QED) is 0.483. The van der Waals surface area contributed by atoms with Crippen molar-refractivity contribution < 1.29 is 4.79 Å². The number of benzene rings is 2. The van der Waals surface area contributed by atoms with Crippen molar-refractivity contribution in [1.82, 2.24) is 9.88 Å². The molecule has 0 spiro atoms. The summed E-state index contributed by atoms with van der Waals surface area (Å²) >= 11 is 3.51. The van der Waals surface area contributed by atoms with Gasteiger partial charge in [-0.15, -0.1) is 0 Å². The largest absolute Gasteiger partial charge is 0.349 e. The van der Waals surface area contributed by atoms with Gasteiger partial charge < -0.3 is 9.88 Å². The maximum Gasteiger partial charge on any atom is 0.262 e. The fraction of sp³-hybridized carbons (Fsp3) is 0.182. The average molecular weight is 420 g/mol. The van der Waals surface area contributed by atoms with Crippen LogP contribution in [0.3, 0.4) is 0 Å². The molecule has 0 radical (unpaired) electrons. The summed E-state index contributed by atoms with van der Waals surface area (Å²) in [5.74, 6) is -0.288. The van der Waals surface area contributed by atoms with Crippen LogP contribution in [0.2, 0.25) is 0 Å². The van der Waals surface area contributed by atoms with Crippen LogP contribution in [0.15, 0.2) is 64.8 Å². The molecule has 0 atom stereocenters. The van der Waals surface area contributed by atoms with E-state index in [1.807, 2.05) is 42.6 Å². The maximum absolute atomic E-state index is 12.3. The van der Waals surface area contributed by atoms with Crippen LogP contribution in [-0.4, -0.2) is 16.5 Å². The monoisotopic (exact) mass is 419 g/mol. The normalized spacial score (nSPS) is 14.1. The van der Waals surface area contributed by atoms with Gasteiger partial charge >= 0.3 is 0 Å². The Hall–Kier alpha value is -2.84. The molecule has 1 aliphatic rings. The molecule has 1 aromatic heterocycles. The van der Waals surface area contributed by atoms with Gasteiger partial charge in [0.25, 0.3) is 5.91 Å². The number of para-hydroxylation sites is 1. The predicted molar refractivity (Wildman–Crippen MR) is 110 cm³/mol. The molecule has 1 fully saturated rings. The average Bonchev–Trinajstić information content (AvgIpc) is 3.41. The number of halogens is 1. The van der Waals surface area contributed by atoms with Crippen LogP contribution in [0.25, 0.3) is 17.0 Å². The number of carbonyl (C=O) groups excluding carboxylic acids is 1. The zero-order valence-electron chi connectivity index (χ0n) is 14.7. The molecule has 4 nitrogen and oxygen atoms in total. The summed E-state index contributed by atoms with van der Waals surface area (Å²) < 4.78 is 3.19. The first-order chi connectivity index (χ1) is 13.1. The minimum absolute atomic E-state index is 0.146. The van der Waals surface area contributed by atoms with Crippen LogP contribution >= 0.6 is 15.9 Å². The van der Waals surface area contributed by atoms with E-state index in [0.29, 0.717) is 6.54 Å². The fourth-order valence-electron chi connectivity index (χ4n) is 3.15. The smallest absolute Gasteiger partial charge is 0.262 e. The minimum atomic E-state index is -0.288.